The van der Waals surface area contributed by atoms with E-state index in [-0.39, 0.29) is 0 Å². The maximum absolute atomic E-state index is 9.23. The number of aryl methyl sites for hydroxylation is 3. The zero-order valence-electron chi connectivity index (χ0n) is 10.8. The first-order valence-electron chi connectivity index (χ1n) is 6.39. The fraction of sp³-hybridized carbons (Fsp3) is 0.267. The van der Waals surface area contributed by atoms with Gasteiger partial charge in [0.25, 0.3) is 0 Å². The van der Waals surface area contributed by atoms with Crippen LogP contribution in [0.4, 0.5) is 11.5 Å². The minimum absolute atomic E-state index is 0.598. The molecular formula is C15H14N4. The highest BCUT2D eigenvalue weighted by Gasteiger charge is 2.16. The van der Waals surface area contributed by atoms with Crippen LogP contribution in [0, 0.1) is 18.3 Å². The second-order valence-corrected chi connectivity index (χ2v) is 4.77. The molecule has 0 amide bonds. The van der Waals surface area contributed by atoms with Gasteiger partial charge >= 0.3 is 0 Å². The molecule has 19 heavy (non-hydrogen) atoms. The number of hydrogen-bond donors (Lipinski definition) is 1. The highest BCUT2D eigenvalue weighted by Crippen LogP contribution is 2.26. The van der Waals surface area contributed by atoms with Gasteiger partial charge in [0.2, 0.25) is 0 Å². The topological polar surface area (TPSA) is 61.6 Å². The summed E-state index contributed by atoms with van der Waals surface area (Å²) in [5.41, 5.74) is 4.74. The molecule has 0 aromatic carbocycles. The molecule has 1 N–H and O–H groups in total. The lowest BCUT2D eigenvalue weighted by Gasteiger charge is -2.09. The van der Waals surface area contributed by atoms with Crippen LogP contribution in [-0.2, 0) is 12.8 Å². The Morgan fingerprint density at radius 2 is 2.21 bits per heavy atom. The van der Waals surface area contributed by atoms with Crippen molar-refractivity contribution in [2.75, 3.05) is 5.32 Å². The Balaban J connectivity index is 1.96. The van der Waals surface area contributed by atoms with Crippen molar-refractivity contribution >= 4 is 11.5 Å². The smallest absolute Gasteiger partial charge is 0.148 e. The maximum Gasteiger partial charge on any atom is 0.148 e. The Labute approximate surface area is 112 Å². The third-order valence-electron chi connectivity index (χ3n) is 3.35. The molecule has 2 aromatic rings. The van der Waals surface area contributed by atoms with Gasteiger partial charge < -0.3 is 5.32 Å². The molecule has 0 atom stereocenters. The lowest BCUT2D eigenvalue weighted by molar-refractivity contribution is 0.900. The molecule has 0 radical (unpaired) electrons. The average Bonchev–Trinajstić information content (AvgIpc) is 2.87. The summed E-state index contributed by atoms with van der Waals surface area (Å²) in [4.78, 5) is 8.81. The maximum atomic E-state index is 9.23. The summed E-state index contributed by atoms with van der Waals surface area (Å²) in [7, 11) is 0. The Morgan fingerprint density at radius 3 is 2.95 bits per heavy atom. The molecular weight excluding hydrogens is 236 g/mol. The largest absolute Gasteiger partial charge is 0.338 e. The van der Waals surface area contributed by atoms with E-state index in [4.69, 9.17) is 0 Å². The van der Waals surface area contributed by atoms with Gasteiger partial charge in [0.1, 0.15) is 11.9 Å². The van der Waals surface area contributed by atoms with Gasteiger partial charge in [0.05, 0.1) is 17.4 Å². The van der Waals surface area contributed by atoms with Crippen LogP contribution in [0.5, 0.6) is 0 Å². The molecule has 0 bridgehead atoms. The summed E-state index contributed by atoms with van der Waals surface area (Å²) < 4.78 is 0. The van der Waals surface area contributed by atoms with Crippen molar-refractivity contribution < 1.29 is 0 Å². The van der Waals surface area contributed by atoms with Crippen LogP contribution in [0.25, 0.3) is 0 Å². The van der Waals surface area contributed by atoms with E-state index >= 15 is 0 Å². The Hall–Kier alpha value is -2.41. The number of rotatable bonds is 2. The van der Waals surface area contributed by atoms with Crippen molar-refractivity contribution in [3.8, 4) is 6.07 Å². The number of aromatic nitrogens is 2. The molecule has 0 saturated heterocycles. The quantitative estimate of drug-likeness (QED) is 0.890. The normalized spacial score (nSPS) is 12.8. The fourth-order valence-electron chi connectivity index (χ4n) is 2.33. The van der Waals surface area contributed by atoms with Crippen LogP contribution in [0.3, 0.4) is 0 Å². The molecule has 0 saturated carbocycles. The summed E-state index contributed by atoms with van der Waals surface area (Å²) in [5.74, 6) is 0.633. The number of pyridine rings is 2. The van der Waals surface area contributed by atoms with E-state index in [0.717, 1.165) is 36.3 Å². The van der Waals surface area contributed by atoms with E-state index in [9.17, 15) is 5.26 Å². The molecule has 2 aromatic heterocycles. The SMILES string of the molecule is Cc1ccc(Nc2nc3c(cc2C#N)CCC3)cn1. The first-order valence-corrected chi connectivity index (χ1v) is 6.39. The van der Waals surface area contributed by atoms with Crippen LogP contribution in [-0.4, -0.2) is 9.97 Å². The highest BCUT2D eigenvalue weighted by atomic mass is 15.0. The van der Waals surface area contributed by atoms with Crippen LogP contribution < -0.4 is 5.32 Å². The minimum Gasteiger partial charge on any atom is -0.338 e. The van der Waals surface area contributed by atoms with E-state index in [1.54, 1.807) is 6.20 Å². The zero-order chi connectivity index (χ0) is 13.2. The predicted molar refractivity (Wildman–Crippen MR) is 73.2 cm³/mol. The monoisotopic (exact) mass is 250 g/mol. The van der Waals surface area contributed by atoms with Crippen molar-refractivity contribution in [1.29, 1.82) is 5.26 Å². The molecule has 3 rings (SSSR count). The molecule has 0 fully saturated rings. The van der Waals surface area contributed by atoms with E-state index in [1.807, 2.05) is 25.1 Å². The molecule has 0 aliphatic heterocycles. The summed E-state index contributed by atoms with van der Waals surface area (Å²) in [5, 5.41) is 12.4. The van der Waals surface area contributed by atoms with Crippen LogP contribution in [0.15, 0.2) is 24.4 Å². The van der Waals surface area contributed by atoms with E-state index in [0.29, 0.717) is 11.4 Å². The number of fused-ring (bicyclic) bond motifs is 1. The molecule has 4 heteroatoms. The third kappa shape index (κ3) is 2.27. The van der Waals surface area contributed by atoms with Crippen molar-refractivity contribution in [1.82, 2.24) is 9.97 Å². The van der Waals surface area contributed by atoms with Crippen LogP contribution >= 0.6 is 0 Å². The molecule has 4 nitrogen and oxygen atoms in total. The predicted octanol–water partition coefficient (Wildman–Crippen LogP) is 2.89. The van der Waals surface area contributed by atoms with Crippen molar-refractivity contribution in [3.63, 3.8) is 0 Å². The summed E-state index contributed by atoms with van der Waals surface area (Å²) in [6, 6.07) is 8.04. The van der Waals surface area contributed by atoms with Gasteiger partial charge in [-0.3, -0.25) is 4.98 Å². The Bertz CT molecular complexity index is 653. The number of nitriles is 1. The number of hydrogen-bond acceptors (Lipinski definition) is 4. The van der Waals surface area contributed by atoms with Crippen molar-refractivity contribution in [3.05, 3.63) is 46.9 Å². The van der Waals surface area contributed by atoms with E-state index in [1.165, 1.54) is 5.56 Å². The van der Waals surface area contributed by atoms with Gasteiger partial charge in [0.15, 0.2) is 0 Å². The molecule has 0 spiro atoms. The zero-order valence-corrected chi connectivity index (χ0v) is 10.8. The minimum atomic E-state index is 0.598. The van der Waals surface area contributed by atoms with Gasteiger partial charge in [-0.2, -0.15) is 5.26 Å². The van der Waals surface area contributed by atoms with Gasteiger partial charge in [-0.15, -0.1) is 0 Å². The molecule has 0 unspecified atom stereocenters. The molecule has 1 aliphatic rings. The van der Waals surface area contributed by atoms with Crippen LogP contribution in [0.2, 0.25) is 0 Å². The average molecular weight is 250 g/mol. The van der Waals surface area contributed by atoms with Crippen molar-refractivity contribution in [2.45, 2.75) is 26.2 Å². The highest BCUT2D eigenvalue weighted by molar-refractivity contribution is 5.63. The van der Waals surface area contributed by atoms with Crippen molar-refractivity contribution in [2.24, 2.45) is 0 Å². The second kappa shape index (κ2) is 4.69. The van der Waals surface area contributed by atoms with Gasteiger partial charge in [0, 0.05) is 11.4 Å². The van der Waals surface area contributed by atoms with Gasteiger partial charge in [-0.1, -0.05) is 0 Å². The number of nitrogens with zero attached hydrogens (tertiary/aromatic N) is 3. The lowest BCUT2D eigenvalue weighted by Crippen LogP contribution is -2.01. The lowest BCUT2D eigenvalue weighted by atomic mass is 10.1. The van der Waals surface area contributed by atoms with E-state index in [2.05, 4.69) is 21.4 Å². The Morgan fingerprint density at radius 1 is 1.32 bits per heavy atom. The summed E-state index contributed by atoms with van der Waals surface area (Å²) >= 11 is 0. The first kappa shape index (κ1) is 11.7. The molecule has 1 aliphatic carbocycles. The number of nitrogens with one attached hydrogen (secondary N) is 1. The number of anilines is 2. The fourth-order valence-corrected chi connectivity index (χ4v) is 2.33. The van der Waals surface area contributed by atoms with Crippen LogP contribution in [0.1, 0.15) is 28.9 Å². The summed E-state index contributed by atoms with van der Waals surface area (Å²) in [6.07, 6.45) is 4.92. The molecule has 94 valence electrons. The third-order valence-corrected chi connectivity index (χ3v) is 3.35. The van der Waals surface area contributed by atoms with Gasteiger partial charge in [-0.05, 0) is 49.9 Å². The van der Waals surface area contributed by atoms with E-state index < -0.39 is 0 Å². The van der Waals surface area contributed by atoms with Gasteiger partial charge in [-0.25, -0.2) is 4.98 Å². The Kier molecular flexibility index (Phi) is 2.88. The second-order valence-electron chi connectivity index (χ2n) is 4.77. The molecule has 2 heterocycles. The standard InChI is InChI=1S/C15H14N4/c1-10-5-6-13(9-17-10)18-15-12(8-16)7-11-3-2-4-14(11)19-15/h5-7,9H,2-4H2,1H3,(H,18,19). The summed E-state index contributed by atoms with van der Waals surface area (Å²) in [6.45, 7) is 1.94. The first-order chi connectivity index (χ1) is 9.26.